The molecule has 0 aromatic heterocycles. The van der Waals surface area contributed by atoms with Gasteiger partial charge in [0, 0.05) is 17.3 Å². The molecule has 0 unspecified atom stereocenters. The molecule has 0 atom stereocenters. The molecule has 0 bridgehead atoms. The van der Waals surface area contributed by atoms with Crippen molar-refractivity contribution in [2.45, 2.75) is 6.92 Å². The Balaban J connectivity index is 2.71. The summed E-state index contributed by atoms with van der Waals surface area (Å²) in [6.07, 6.45) is 0.829. The van der Waals surface area contributed by atoms with Crippen LogP contribution < -0.4 is 5.32 Å². The second-order valence-electron chi connectivity index (χ2n) is 3.17. The van der Waals surface area contributed by atoms with Crippen LogP contribution in [0.3, 0.4) is 0 Å². The van der Waals surface area contributed by atoms with E-state index in [1.807, 2.05) is 0 Å². The fraction of sp³-hybridized carbons (Fsp3) is 0.0909. The Morgan fingerprint density at radius 3 is 2.31 bits per heavy atom. The number of hydrogen-bond acceptors (Lipinski definition) is 3. The molecule has 0 saturated heterocycles. The van der Waals surface area contributed by atoms with Crippen LogP contribution in [0.4, 0.5) is 5.69 Å². The van der Waals surface area contributed by atoms with Crippen LogP contribution in [-0.4, -0.2) is 22.1 Å². The van der Waals surface area contributed by atoms with E-state index in [0.717, 1.165) is 6.08 Å². The Bertz CT molecular complexity index is 434. The average molecular weight is 221 g/mol. The molecule has 1 amide bonds. The fourth-order valence-electron chi connectivity index (χ4n) is 1.03. The summed E-state index contributed by atoms with van der Waals surface area (Å²) in [7, 11) is 0. The van der Waals surface area contributed by atoms with Crippen LogP contribution in [0, 0.1) is 0 Å². The van der Waals surface area contributed by atoms with Crippen molar-refractivity contribution >= 4 is 17.6 Å². The van der Waals surface area contributed by atoms with E-state index < -0.39 is 11.9 Å². The van der Waals surface area contributed by atoms with Crippen molar-refractivity contribution < 1.29 is 19.8 Å². The summed E-state index contributed by atoms with van der Waals surface area (Å²) < 4.78 is 0. The molecule has 0 fully saturated rings. The minimum Gasteiger partial charge on any atom is -0.508 e. The van der Waals surface area contributed by atoms with Gasteiger partial charge in [-0.25, -0.2) is 4.79 Å². The predicted octanol–water partition coefficient (Wildman–Crippen LogP) is 1.36. The van der Waals surface area contributed by atoms with Crippen molar-refractivity contribution in [2.75, 3.05) is 5.32 Å². The van der Waals surface area contributed by atoms with Crippen molar-refractivity contribution in [3.05, 3.63) is 35.9 Å². The Kier molecular flexibility index (Phi) is 3.66. The van der Waals surface area contributed by atoms with E-state index in [1.54, 1.807) is 0 Å². The summed E-state index contributed by atoms with van der Waals surface area (Å²) in [6.45, 7) is 1.41. The molecule has 5 nitrogen and oxygen atoms in total. The number of hydrogen-bond donors (Lipinski definition) is 3. The standard InChI is InChI=1S/C11H11NO4/c1-7(6-10(14)15)11(16)12-8-2-4-9(13)5-3-8/h2-6,13H,1H3,(H,12,16)(H,14,15)/b7-6+. The highest BCUT2D eigenvalue weighted by Gasteiger charge is 2.06. The second kappa shape index (κ2) is 4.97. The van der Waals surface area contributed by atoms with Gasteiger partial charge in [-0.05, 0) is 31.2 Å². The summed E-state index contributed by atoms with van der Waals surface area (Å²) >= 11 is 0. The van der Waals surface area contributed by atoms with Gasteiger partial charge >= 0.3 is 5.97 Å². The number of benzene rings is 1. The topological polar surface area (TPSA) is 86.6 Å². The zero-order chi connectivity index (χ0) is 12.1. The molecule has 0 aliphatic heterocycles. The van der Waals surface area contributed by atoms with Gasteiger partial charge in [-0.3, -0.25) is 4.79 Å². The minimum atomic E-state index is -1.17. The second-order valence-corrected chi connectivity index (χ2v) is 3.17. The quantitative estimate of drug-likeness (QED) is 0.531. The maximum Gasteiger partial charge on any atom is 0.328 e. The summed E-state index contributed by atoms with van der Waals surface area (Å²) in [6, 6.07) is 5.88. The number of aliphatic carboxylic acids is 1. The van der Waals surface area contributed by atoms with E-state index >= 15 is 0 Å². The van der Waals surface area contributed by atoms with Crippen LogP contribution in [0.1, 0.15) is 6.92 Å². The summed E-state index contributed by atoms with van der Waals surface area (Å²) in [4.78, 5) is 21.7. The van der Waals surface area contributed by atoms with Crippen LogP contribution in [0.25, 0.3) is 0 Å². The van der Waals surface area contributed by atoms with Gasteiger partial charge in [-0.1, -0.05) is 0 Å². The minimum absolute atomic E-state index is 0.0933. The number of amides is 1. The Morgan fingerprint density at radius 2 is 1.81 bits per heavy atom. The monoisotopic (exact) mass is 221 g/mol. The average Bonchev–Trinajstić information content (AvgIpc) is 2.20. The first-order chi connectivity index (χ1) is 7.49. The van der Waals surface area contributed by atoms with Crippen LogP contribution in [0.15, 0.2) is 35.9 Å². The first kappa shape index (κ1) is 11.8. The van der Waals surface area contributed by atoms with E-state index in [-0.39, 0.29) is 11.3 Å². The molecule has 0 spiro atoms. The maximum absolute atomic E-state index is 11.4. The molecule has 1 aromatic rings. The summed E-state index contributed by atoms with van der Waals surface area (Å²) in [5.74, 6) is -1.57. The van der Waals surface area contributed by atoms with Crippen LogP contribution in [0.2, 0.25) is 0 Å². The van der Waals surface area contributed by atoms with Gasteiger partial charge in [0.15, 0.2) is 0 Å². The van der Waals surface area contributed by atoms with Gasteiger partial charge in [0.05, 0.1) is 0 Å². The third-order valence-corrected chi connectivity index (χ3v) is 1.82. The van der Waals surface area contributed by atoms with Gasteiger partial charge < -0.3 is 15.5 Å². The van der Waals surface area contributed by atoms with E-state index in [2.05, 4.69) is 5.32 Å². The zero-order valence-corrected chi connectivity index (χ0v) is 8.60. The smallest absolute Gasteiger partial charge is 0.328 e. The number of rotatable bonds is 3. The van der Waals surface area contributed by atoms with Crippen LogP contribution in [0.5, 0.6) is 5.75 Å². The predicted molar refractivity (Wildman–Crippen MR) is 58.1 cm³/mol. The van der Waals surface area contributed by atoms with E-state index in [0.29, 0.717) is 5.69 Å². The van der Waals surface area contributed by atoms with Gasteiger partial charge in [0.1, 0.15) is 5.75 Å². The Labute approximate surface area is 92.0 Å². The number of phenols is 1. The molecular formula is C11H11NO4. The Morgan fingerprint density at radius 1 is 1.25 bits per heavy atom. The lowest BCUT2D eigenvalue weighted by atomic mass is 10.2. The lowest BCUT2D eigenvalue weighted by Crippen LogP contribution is -2.13. The van der Waals surface area contributed by atoms with Crippen LogP contribution in [-0.2, 0) is 9.59 Å². The van der Waals surface area contributed by atoms with E-state index in [4.69, 9.17) is 10.2 Å². The van der Waals surface area contributed by atoms with Crippen LogP contribution >= 0.6 is 0 Å². The zero-order valence-electron chi connectivity index (χ0n) is 8.60. The number of carbonyl (C=O) groups is 2. The molecule has 0 aliphatic carbocycles. The summed E-state index contributed by atoms with van der Waals surface area (Å²) in [5.41, 5.74) is 0.585. The third kappa shape index (κ3) is 3.45. The number of carboxylic acid groups (broad SMARTS) is 1. The van der Waals surface area contributed by atoms with Gasteiger partial charge in [-0.2, -0.15) is 0 Å². The molecule has 84 valence electrons. The number of anilines is 1. The van der Waals surface area contributed by atoms with Crippen molar-refractivity contribution in [1.82, 2.24) is 0 Å². The molecule has 3 N–H and O–H groups in total. The van der Waals surface area contributed by atoms with E-state index in [9.17, 15) is 9.59 Å². The number of carboxylic acids is 1. The van der Waals surface area contributed by atoms with Gasteiger partial charge in [0.2, 0.25) is 0 Å². The summed E-state index contributed by atoms with van der Waals surface area (Å²) in [5, 5.41) is 20.0. The third-order valence-electron chi connectivity index (χ3n) is 1.82. The SMILES string of the molecule is C/C(=C\C(=O)O)C(=O)Nc1ccc(O)cc1. The molecule has 5 heteroatoms. The molecule has 0 aliphatic rings. The van der Waals surface area contributed by atoms with E-state index in [1.165, 1.54) is 31.2 Å². The number of nitrogens with one attached hydrogen (secondary N) is 1. The lowest BCUT2D eigenvalue weighted by Gasteiger charge is -2.04. The molecule has 16 heavy (non-hydrogen) atoms. The van der Waals surface area contributed by atoms with Crippen molar-refractivity contribution in [3.8, 4) is 5.75 Å². The van der Waals surface area contributed by atoms with Crippen molar-refractivity contribution in [2.24, 2.45) is 0 Å². The number of aromatic hydroxyl groups is 1. The van der Waals surface area contributed by atoms with Gasteiger partial charge in [-0.15, -0.1) is 0 Å². The maximum atomic E-state index is 11.4. The number of phenolic OH excluding ortho intramolecular Hbond substituents is 1. The molecule has 0 radical (unpaired) electrons. The highest BCUT2D eigenvalue weighted by molar-refractivity contribution is 6.06. The number of carbonyl (C=O) groups excluding carboxylic acids is 1. The Hall–Kier alpha value is -2.30. The van der Waals surface area contributed by atoms with Crippen molar-refractivity contribution in [1.29, 1.82) is 0 Å². The highest BCUT2D eigenvalue weighted by Crippen LogP contribution is 2.14. The fourth-order valence-corrected chi connectivity index (χ4v) is 1.03. The largest absolute Gasteiger partial charge is 0.508 e. The molecular weight excluding hydrogens is 210 g/mol. The molecule has 1 aromatic carbocycles. The highest BCUT2D eigenvalue weighted by atomic mass is 16.4. The molecule has 0 heterocycles. The van der Waals surface area contributed by atoms with Crippen molar-refractivity contribution in [3.63, 3.8) is 0 Å². The first-order valence-corrected chi connectivity index (χ1v) is 4.50. The lowest BCUT2D eigenvalue weighted by molar-refractivity contribution is -0.131. The van der Waals surface area contributed by atoms with Gasteiger partial charge in [0.25, 0.3) is 5.91 Å². The molecule has 0 saturated carbocycles. The molecule has 1 rings (SSSR count). The normalized spacial score (nSPS) is 10.9. The first-order valence-electron chi connectivity index (χ1n) is 4.50.